The zero-order chi connectivity index (χ0) is 23.6. The molecule has 0 bridgehead atoms. The molecule has 2 aromatic heterocycles. The summed E-state index contributed by atoms with van der Waals surface area (Å²) in [4.78, 5) is 26.9. The molecular weight excluding hydrogens is 462 g/mol. The lowest BCUT2D eigenvalue weighted by Gasteiger charge is -2.25. The number of anilines is 3. The smallest absolute Gasteiger partial charge is 0.414 e. The first-order valence-corrected chi connectivity index (χ1v) is 12.6. The van der Waals surface area contributed by atoms with Crippen LogP contribution >= 0.6 is 11.3 Å². The van der Waals surface area contributed by atoms with Gasteiger partial charge in [-0.2, -0.15) is 0 Å². The van der Waals surface area contributed by atoms with Gasteiger partial charge in [0.25, 0.3) is 0 Å². The van der Waals surface area contributed by atoms with Crippen molar-refractivity contribution in [2.24, 2.45) is 0 Å². The number of nitrogens with zero attached hydrogens (tertiary/aromatic N) is 4. The van der Waals surface area contributed by atoms with Crippen molar-refractivity contribution in [3.63, 3.8) is 0 Å². The van der Waals surface area contributed by atoms with E-state index in [9.17, 15) is 4.79 Å². The highest BCUT2D eigenvalue weighted by molar-refractivity contribution is 7.17. The Labute approximate surface area is 207 Å². The molecule has 0 aliphatic carbocycles. The van der Waals surface area contributed by atoms with E-state index in [-0.39, 0.29) is 6.09 Å². The minimum absolute atomic E-state index is 0.316. The predicted octanol–water partition coefficient (Wildman–Crippen LogP) is 4.89. The van der Waals surface area contributed by atoms with Gasteiger partial charge in [-0.25, -0.2) is 14.8 Å². The van der Waals surface area contributed by atoms with E-state index in [0.717, 1.165) is 70.7 Å². The number of carbonyl (C=O) groups excluding carboxylic acids is 1. The summed E-state index contributed by atoms with van der Waals surface area (Å²) in [5, 5.41) is 6.68. The average Bonchev–Trinajstić information content (AvgIpc) is 3.52. The number of nitrogens with one attached hydrogen (secondary N) is 1. The number of hydrogen-bond acceptors (Lipinski definition) is 8. The maximum Gasteiger partial charge on any atom is 0.414 e. The maximum absolute atomic E-state index is 12.1. The van der Waals surface area contributed by atoms with E-state index < -0.39 is 0 Å². The molecule has 8 nitrogen and oxygen atoms in total. The number of amides is 1. The Bertz CT molecular complexity index is 1350. The maximum atomic E-state index is 12.1. The van der Waals surface area contributed by atoms with Crippen LogP contribution in [-0.4, -0.2) is 60.4 Å². The molecule has 0 unspecified atom stereocenters. The summed E-state index contributed by atoms with van der Waals surface area (Å²) in [5.41, 5.74) is 3.87. The molecule has 6 rings (SSSR count). The van der Waals surface area contributed by atoms with Crippen molar-refractivity contribution in [3.8, 4) is 11.1 Å². The van der Waals surface area contributed by atoms with Crippen molar-refractivity contribution in [1.29, 1.82) is 0 Å². The van der Waals surface area contributed by atoms with Crippen LogP contribution in [0.3, 0.4) is 0 Å². The molecule has 4 heterocycles. The highest BCUT2D eigenvalue weighted by Crippen LogP contribution is 2.38. The quantitative estimate of drug-likeness (QED) is 0.415. The van der Waals surface area contributed by atoms with Crippen molar-refractivity contribution in [2.45, 2.75) is 6.54 Å². The number of hydrogen-bond donors (Lipinski definition) is 1. The third kappa shape index (κ3) is 4.58. The summed E-state index contributed by atoms with van der Waals surface area (Å²) in [6.45, 7) is 4.84. The number of thiophene rings is 1. The third-order valence-electron chi connectivity index (χ3n) is 6.21. The third-order valence-corrected chi connectivity index (χ3v) is 7.09. The summed E-state index contributed by atoms with van der Waals surface area (Å²) < 4.78 is 10.6. The Morgan fingerprint density at radius 1 is 0.971 bits per heavy atom. The second-order valence-corrected chi connectivity index (χ2v) is 9.37. The van der Waals surface area contributed by atoms with Gasteiger partial charge < -0.3 is 14.8 Å². The molecule has 2 aliphatic heterocycles. The van der Waals surface area contributed by atoms with Gasteiger partial charge >= 0.3 is 6.09 Å². The first-order chi connectivity index (χ1) is 17.2. The second kappa shape index (κ2) is 9.61. The molecule has 2 saturated heterocycles. The summed E-state index contributed by atoms with van der Waals surface area (Å²) in [6, 6.07) is 18.1. The zero-order valence-corrected chi connectivity index (χ0v) is 20.0. The molecule has 2 fully saturated rings. The van der Waals surface area contributed by atoms with E-state index in [2.05, 4.69) is 27.7 Å². The van der Waals surface area contributed by atoms with Gasteiger partial charge in [-0.1, -0.05) is 36.4 Å². The number of benzene rings is 2. The zero-order valence-electron chi connectivity index (χ0n) is 19.1. The lowest BCUT2D eigenvalue weighted by atomic mass is 10.1. The lowest BCUT2D eigenvalue weighted by Crippen LogP contribution is -2.36. The Hall–Kier alpha value is -3.53. The van der Waals surface area contributed by atoms with Gasteiger partial charge in [0.1, 0.15) is 23.1 Å². The SMILES string of the molecule is O=C1OCCN1c1cccc(Nc2nc(CN3CCOCC3)nc3scc(-c4ccccc4)c23)c1. The van der Waals surface area contributed by atoms with Crippen LogP contribution in [0.15, 0.2) is 60.0 Å². The van der Waals surface area contributed by atoms with E-state index in [1.807, 2.05) is 42.5 Å². The summed E-state index contributed by atoms with van der Waals surface area (Å²) in [6.07, 6.45) is -0.316. The van der Waals surface area contributed by atoms with E-state index in [1.54, 1.807) is 16.2 Å². The first-order valence-electron chi connectivity index (χ1n) is 11.7. The number of morpholine rings is 1. The van der Waals surface area contributed by atoms with Crippen LogP contribution < -0.4 is 10.2 Å². The molecule has 2 aliphatic rings. The molecule has 1 N–H and O–H groups in total. The van der Waals surface area contributed by atoms with Crippen LogP contribution in [0.2, 0.25) is 0 Å². The second-order valence-electron chi connectivity index (χ2n) is 8.51. The predicted molar refractivity (Wildman–Crippen MR) is 137 cm³/mol. The van der Waals surface area contributed by atoms with Crippen molar-refractivity contribution in [2.75, 3.05) is 49.7 Å². The van der Waals surface area contributed by atoms with Gasteiger partial charge in [0.05, 0.1) is 31.7 Å². The van der Waals surface area contributed by atoms with Crippen LogP contribution in [0.1, 0.15) is 5.82 Å². The normalized spacial score (nSPS) is 16.6. The van der Waals surface area contributed by atoms with Gasteiger partial charge in [0.2, 0.25) is 0 Å². The first kappa shape index (κ1) is 22.0. The molecular formula is C26H25N5O3S. The monoisotopic (exact) mass is 487 g/mol. The summed E-state index contributed by atoms with van der Waals surface area (Å²) in [7, 11) is 0. The van der Waals surface area contributed by atoms with E-state index in [1.165, 1.54) is 0 Å². The van der Waals surface area contributed by atoms with Crippen LogP contribution in [0, 0.1) is 0 Å². The molecule has 35 heavy (non-hydrogen) atoms. The Kier molecular flexibility index (Phi) is 6.03. The van der Waals surface area contributed by atoms with Crippen molar-refractivity contribution in [3.05, 3.63) is 65.8 Å². The Morgan fingerprint density at radius 3 is 2.63 bits per heavy atom. The fourth-order valence-corrected chi connectivity index (χ4v) is 5.42. The standard InChI is InChI=1S/C26H25N5O3S/c32-26-31(11-14-34-26)20-8-4-7-19(15-20)27-24-23-21(18-5-2-1-3-6-18)17-35-25(23)29-22(28-24)16-30-9-12-33-13-10-30/h1-8,15,17H,9-14,16H2,(H,27,28,29). The Balaban J connectivity index is 1.40. The minimum atomic E-state index is -0.316. The molecule has 0 atom stereocenters. The number of carbonyl (C=O) groups is 1. The van der Waals surface area contributed by atoms with Gasteiger partial charge in [0, 0.05) is 35.4 Å². The molecule has 9 heteroatoms. The van der Waals surface area contributed by atoms with Crippen LogP contribution in [-0.2, 0) is 16.0 Å². The van der Waals surface area contributed by atoms with Gasteiger partial charge in [-0.15, -0.1) is 11.3 Å². The number of aromatic nitrogens is 2. The fourth-order valence-electron chi connectivity index (χ4n) is 4.45. The van der Waals surface area contributed by atoms with Crippen molar-refractivity contribution < 1.29 is 14.3 Å². The summed E-state index contributed by atoms with van der Waals surface area (Å²) >= 11 is 1.63. The molecule has 178 valence electrons. The average molecular weight is 488 g/mol. The minimum Gasteiger partial charge on any atom is -0.447 e. The molecule has 2 aromatic carbocycles. The topological polar surface area (TPSA) is 79.8 Å². The van der Waals surface area contributed by atoms with E-state index in [0.29, 0.717) is 19.7 Å². The fraction of sp³-hybridized carbons (Fsp3) is 0.269. The summed E-state index contributed by atoms with van der Waals surface area (Å²) in [5.74, 6) is 1.54. The number of rotatable bonds is 6. The highest BCUT2D eigenvalue weighted by atomic mass is 32.1. The largest absolute Gasteiger partial charge is 0.447 e. The van der Waals surface area contributed by atoms with Crippen LogP contribution in [0.5, 0.6) is 0 Å². The highest BCUT2D eigenvalue weighted by Gasteiger charge is 2.24. The Morgan fingerprint density at radius 2 is 1.83 bits per heavy atom. The van der Waals surface area contributed by atoms with Gasteiger partial charge in [-0.3, -0.25) is 9.80 Å². The van der Waals surface area contributed by atoms with Crippen LogP contribution in [0.4, 0.5) is 22.0 Å². The molecule has 4 aromatic rings. The van der Waals surface area contributed by atoms with Gasteiger partial charge in [-0.05, 0) is 23.8 Å². The molecule has 0 spiro atoms. The number of fused-ring (bicyclic) bond motifs is 1. The van der Waals surface area contributed by atoms with Crippen molar-refractivity contribution >= 4 is 44.8 Å². The van der Waals surface area contributed by atoms with Gasteiger partial charge in [0.15, 0.2) is 0 Å². The number of ether oxygens (including phenoxy) is 2. The molecule has 1 amide bonds. The molecule has 0 saturated carbocycles. The van der Waals surface area contributed by atoms with Crippen molar-refractivity contribution in [1.82, 2.24) is 14.9 Å². The molecule has 0 radical (unpaired) electrons. The van der Waals surface area contributed by atoms with Crippen LogP contribution in [0.25, 0.3) is 21.3 Å². The van der Waals surface area contributed by atoms with E-state index in [4.69, 9.17) is 19.4 Å². The van der Waals surface area contributed by atoms with E-state index >= 15 is 0 Å². The number of cyclic esters (lactones) is 1. The lowest BCUT2D eigenvalue weighted by molar-refractivity contribution is 0.0331.